The highest BCUT2D eigenvalue weighted by Crippen LogP contribution is 2.27. The van der Waals surface area contributed by atoms with Gasteiger partial charge in [-0.15, -0.1) is 0 Å². The first-order valence-corrected chi connectivity index (χ1v) is 6.59. The lowest BCUT2D eigenvalue weighted by atomic mass is 10.1. The summed E-state index contributed by atoms with van der Waals surface area (Å²) in [7, 11) is 0. The average Bonchev–Trinajstić information content (AvgIpc) is 2.67. The van der Waals surface area contributed by atoms with Crippen molar-refractivity contribution in [1.82, 2.24) is 5.32 Å². The normalized spacial score (nSPS) is 10.8. The largest absolute Gasteiger partial charge is 0.451 e. The number of furan rings is 1. The summed E-state index contributed by atoms with van der Waals surface area (Å²) in [5.41, 5.74) is 6.96. The van der Waals surface area contributed by atoms with Crippen molar-refractivity contribution in [3.63, 3.8) is 0 Å². The zero-order chi connectivity index (χ0) is 13.1. The van der Waals surface area contributed by atoms with E-state index in [1.54, 1.807) is 0 Å². The molecule has 1 heterocycles. The molecule has 3 N–H and O–H groups in total. The van der Waals surface area contributed by atoms with Gasteiger partial charge in [0.1, 0.15) is 5.58 Å². The number of hydrogen-bond donors (Lipinski definition) is 2. The summed E-state index contributed by atoms with van der Waals surface area (Å²) in [6.45, 7) is 3.01. The molecule has 2 rings (SSSR count). The Hall–Kier alpha value is -1.33. The number of carbonyl (C=O) groups excluding carboxylic acids is 1. The second-order valence-electron chi connectivity index (χ2n) is 4.09. The predicted molar refractivity (Wildman–Crippen MR) is 74.7 cm³/mol. The molecule has 5 heteroatoms. The first kappa shape index (κ1) is 13.1. The molecule has 18 heavy (non-hydrogen) atoms. The Labute approximate surface area is 114 Å². The molecule has 0 radical (unpaired) electrons. The summed E-state index contributed by atoms with van der Waals surface area (Å²) in [4.78, 5) is 11.9. The number of hydrogen-bond acceptors (Lipinski definition) is 3. The van der Waals surface area contributed by atoms with E-state index in [0.29, 0.717) is 18.8 Å². The molecule has 1 aromatic carbocycles. The highest BCUT2D eigenvalue weighted by molar-refractivity contribution is 9.10. The molecule has 1 aromatic heterocycles. The maximum absolute atomic E-state index is 11.9. The number of aryl methyl sites for hydroxylation is 1. The summed E-state index contributed by atoms with van der Waals surface area (Å²) < 4.78 is 6.55. The zero-order valence-corrected chi connectivity index (χ0v) is 11.7. The van der Waals surface area contributed by atoms with Crippen LogP contribution in [-0.2, 0) is 0 Å². The second kappa shape index (κ2) is 5.54. The third-order valence-corrected chi connectivity index (χ3v) is 3.26. The van der Waals surface area contributed by atoms with Crippen LogP contribution in [0.15, 0.2) is 27.1 Å². The van der Waals surface area contributed by atoms with Crippen molar-refractivity contribution in [1.29, 1.82) is 0 Å². The van der Waals surface area contributed by atoms with Gasteiger partial charge in [-0.1, -0.05) is 15.9 Å². The quantitative estimate of drug-likeness (QED) is 0.853. The van der Waals surface area contributed by atoms with Crippen molar-refractivity contribution in [3.05, 3.63) is 34.0 Å². The summed E-state index contributed by atoms with van der Waals surface area (Å²) in [5.74, 6) is 0.188. The Kier molecular flexibility index (Phi) is 4.04. The number of nitrogens with two attached hydrogens (primary N) is 1. The minimum absolute atomic E-state index is 0.187. The van der Waals surface area contributed by atoms with Crippen LogP contribution in [-0.4, -0.2) is 19.0 Å². The smallest absolute Gasteiger partial charge is 0.287 e. The molecule has 0 aliphatic carbocycles. The minimum atomic E-state index is -0.187. The topological polar surface area (TPSA) is 68.3 Å². The minimum Gasteiger partial charge on any atom is -0.451 e. The Balaban J connectivity index is 2.28. The molecule has 0 saturated carbocycles. The second-order valence-corrected chi connectivity index (χ2v) is 5.01. The number of benzene rings is 1. The molecular formula is C13H15BrN2O2. The molecule has 1 amide bonds. The van der Waals surface area contributed by atoms with E-state index in [1.807, 2.05) is 25.1 Å². The fourth-order valence-corrected chi connectivity index (χ4v) is 2.16. The van der Waals surface area contributed by atoms with Gasteiger partial charge in [0.2, 0.25) is 0 Å². The molecule has 0 unspecified atom stereocenters. The van der Waals surface area contributed by atoms with Crippen LogP contribution in [0.4, 0.5) is 0 Å². The van der Waals surface area contributed by atoms with E-state index in [1.165, 1.54) is 0 Å². The van der Waals surface area contributed by atoms with Crippen LogP contribution in [0, 0.1) is 6.92 Å². The lowest BCUT2D eigenvalue weighted by Gasteiger charge is -2.01. The number of halogens is 1. The molecular weight excluding hydrogens is 296 g/mol. The molecule has 2 aromatic rings. The third kappa shape index (κ3) is 2.57. The van der Waals surface area contributed by atoms with Crippen LogP contribution in [0.25, 0.3) is 11.0 Å². The van der Waals surface area contributed by atoms with Crippen molar-refractivity contribution in [2.75, 3.05) is 13.1 Å². The van der Waals surface area contributed by atoms with Gasteiger partial charge >= 0.3 is 0 Å². The van der Waals surface area contributed by atoms with Crippen LogP contribution in [0.3, 0.4) is 0 Å². The van der Waals surface area contributed by atoms with E-state index in [9.17, 15) is 4.79 Å². The van der Waals surface area contributed by atoms with Gasteiger partial charge in [0.05, 0.1) is 0 Å². The predicted octanol–water partition coefficient (Wildman–Crippen LogP) is 2.58. The fraction of sp³-hybridized carbons (Fsp3) is 0.308. The van der Waals surface area contributed by atoms with Crippen LogP contribution < -0.4 is 11.1 Å². The molecule has 0 fully saturated rings. The van der Waals surface area contributed by atoms with Crippen molar-refractivity contribution < 1.29 is 9.21 Å². The number of amides is 1. The van der Waals surface area contributed by atoms with Crippen LogP contribution >= 0.6 is 15.9 Å². The van der Waals surface area contributed by atoms with Gasteiger partial charge in [-0.3, -0.25) is 4.79 Å². The molecule has 0 aliphatic heterocycles. The monoisotopic (exact) mass is 310 g/mol. The lowest BCUT2D eigenvalue weighted by Crippen LogP contribution is -2.26. The van der Waals surface area contributed by atoms with E-state index in [4.69, 9.17) is 10.2 Å². The molecule has 0 atom stereocenters. The molecule has 0 spiro atoms. The van der Waals surface area contributed by atoms with E-state index >= 15 is 0 Å². The Morgan fingerprint density at radius 2 is 2.28 bits per heavy atom. The summed E-state index contributed by atoms with van der Waals surface area (Å²) in [6, 6.07) is 5.69. The van der Waals surface area contributed by atoms with Gasteiger partial charge in [-0.2, -0.15) is 0 Å². The third-order valence-electron chi connectivity index (χ3n) is 2.77. The highest BCUT2D eigenvalue weighted by Gasteiger charge is 2.17. The number of nitrogens with one attached hydrogen (secondary N) is 1. The Morgan fingerprint density at radius 1 is 1.50 bits per heavy atom. The van der Waals surface area contributed by atoms with Gasteiger partial charge in [0.25, 0.3) is 5.91 Å². The maximum atomic E-state index is 11.9. The lowest BCUT2D eigenvalue weighted by molar-refractivity contribution is 0.0927. The van der Waals surface area contributed by atoms with Gasteiger partial charge in [0, 0.05) is 22.0 Å². The SMILES string of the molecule is Cc1c(C(=O)NCCCN)oc2ccc(Br)cc12. The van der Waals surface area contributed by atoms with Crippen molar-refractivity contribution in [2.45, 2.75) is 13.3 Å². The van der Waals surface area contributed by atoms with Gasteiger partial charge in [-0.05, 0) is 38.1 Å². The van der Waals surface area contributed by atoms with E-state index < -0.39 is 0 Å². The number of fused-ring (bicyclic) bond motifs is 1. The molecule has 4 nitrogen and oxygen atoms in total. The van der Waals surface area contributed by atoms with Gasteiger partial charge in [0.15, 0.2) is 5.76 Å². The van der Waals surface area contributed by atoms with Crippen molar-refractivity contribution in [3.8, 4) is 0 Å². The Morgan fingerprint density at radius 3 is 3.00 bits per heavy atom. The molecule has 0 saturated heterocycles. The van der Waals surface area contributed by atoms with E-state index in [2.05, 4.69) is 21.2 Å². The van der Waals surface area contributed by atoms with Gasteiger partial charge in [-0.25, -0.2) is 0 Å². The maximum Gasteiger partial charge on any atom is 0.287 e. The summed E-state index contributed by atoms with van der Waals surface area (Å²) in [6.07, 6.45) is 0.760. The van der Waals surface area contributed by atoms with E-state index in [0.717, 1.165) is 27.4 Å². The first-order chi connectivity index (χ1) is 8.63. The molecule has 96 valence electrons. The molecule has 0 bridgehead atoms. The van der Waals surface area contributed by atoms with Crippen LogP contribution in [0.5, 0.6) is 0 Å². The highest BCUT2D eigenvalue weighted by atomic mass is 79.9. The molecule has 0 aliphatic rings. The Bertz CT molecular complexity index is 578. The standard InChI is InChI=1S/C13H15BrN2O2/c1-8-10-7-9(14)3-4-11(10)18-12(8)13(17)16-6-2-5-15/h3-4,7H,2,5-6,15H2,1H3,(H,16,17). The summed E-state index contributed by atoms with van der Waals surface area (Å²) in [5, 5.41) is 3.74. The fourth-order valence-electron chi connectivity index (χ4n) is 1.79. The summed E-state index contributed by atoms with van der Waals surface area (Å²) >= 11 is 3.41. The van der Waals surface area contributed by atoms with Gasteiger partial charge < -0.3 is 15.5 Å². The van der Waals surface area contributed by atoms with Crippen LogP contribution in [0.1, 0.15) is 22.5 Å². The van der Waals surface area contributed by atoms with Crippen molar-refractivity contribution >= 4 is 32.8 Å². The first-order valence-electron chi connectivity index (χ1n) is 5.80. The zero-order valence-electron chi connectivity index (χ0n) is 10.1. The van der Waals surface area contributed by atoms with Crippen LogP contribution in [0.2, 0.25) is 0 Å². The average molecular weight is 311 g/mol. The number of rotatable bonds is 4. The van der Waals surface area contributed by atoms with Crippen molar-refractivity contribution in [2.24, 2.45) is 5.73 Å². The number of carbonyl (C=O) groups is 1. The van der Waals surface area contributed by atoms with E-state index in [-0.39, 0.29) is 5.91 Å².